The van der Waals surface area contributed by atoms with Crippen molar-refractivity contribution in [2.75, 3.05) is 6.26 Å². The maximum atomic E-state index is 9.25. The predicted molar refractivity (Wildman–Crippen MR) is 57.4 cm³/mol. The summed E-state index contributed by atoms with van der Waals surface area (Å²) in [4.78, 5) is 1.25. The van der Waals surface area contributed by atoms with Gasteiger partial charge in [0.05, 0.1) is 0 Å². The maximum absolute atomic E-state index is 9.25. The van der Waals surface area contributed by atoms with Crippen LogP contribution in [0.25, 0.3) is 10.8 Å². The molecule has 0 aliphatic rings. The molecule has 2 aromatic rings. The van der Waals surface area contributed by atoms with Crippen LogP contribution in [-0.2, 0) is 0 Å². The number of hydrogen-bond donors (Lipinski definition) is 1. The second-order valence-corrected chi connectivity index (χ2v) is 3.78. The number of benzene rings is 2. The summed E-state index contributed by atoms with van der Waals surface area (Å²) in [5.74, 6) is 0.324. The lowest BCUT2D eigenvalue weighted by atomic mass is 10.1. The van der Waals surface area contributed by atoms with E-state index in [1.54, 1.807) is 23.9 Å². The highest BCUT2D eigenvalue weighted by Crippen LogP contribution is 2.24. The van der Waals surface area contributed by atoms with E-state index in [-0.39, 0.29) is 0 Å². The Kier molecular flexibility index (Phi) is 2.15. The van der Waals surface area contributed by atoms with Gasteiger partial charge < -0.3 is 5.11 Å². The Hall–Kier alpha value is -1.15. The molecule has 0 bridgehead atoms. The number of aromatic hydroxyl groups is 1. The molecule has 2 rings (SSSR count). The summed E-state index contributed by atoms with van der Waals surface area (Å²) < 4.78 is 0. The van der Waals surface area contributed by atoms with Crippen molar-refractivity contribution in [1.82, 2.24) is 0 Å². The minimum Gasteiger partial charge on any atom is -0.508 e. The normalized spacial score (nSPS) is 10.5. The van der Waals surface area contributed by atoms with Gasteiger partial charge in [0.25, 0.3) is 0 Å². The smallest absolute Gasteiger partial charge is 0.116 e. The molecule has 0 heterocycles. The molecule has 1 nitrogen and oxygen atoms in total. The maximum Gasteiger partial charge on any atom is 0.116 e. The lowest BCUT2D eigenvalue weighted by molar-refractivity contribution is 0.476. The van der Waals surface area contributed by atoms with E-state index in [4.69, 9.17) is 0 Å². The first kappa shape index (κ1) is 8.45. The van der Waals surface area contributed by atoms with Crippen molar-refractivity contribution < 1.29 is 5.11 Å². The molecular formula is C11H10OS. The summed E-state index contributed by atoms with van der Waals surface area (Å²) in [6.07, 6.45) is 2.06. The average Bonchev–Trinajstić information content (AvgIpc) is 2.17. The fourth-order valence-corrected chi connectivity index (χ4v) is 1.79. The molecule has 13 heavy (non-hydrogen) atoms. The molecule has 0 saturated carbocycles. The minimum absolute atomic E-state index is 0.324. The van der Waals surface area contributed by atoms with Crippen LogP contribution in [0.4, 0.5) is 0 Å². The molecule has 0 aliphatic heterocycles. The fraction of sp³-hybridized carbons (Fsp3) is 0.0909. The van der Waals surface area contributed by atoms with E-state index in [2.05, 4.69) is 18.4 Å². The van der Waals surface area contributed by atoms with Crippen molar-refractivity contribution in [1.29, 1.82) is 0 Å². The van der Waals surface area contributed by atoms with E-state index in [9.17, 15) is 5.11 Å². The third kappa shape index (κ3) is 1.63. The first-order valence-corrected chi connectivity index (χ1v) is 5.29. The van der Waals surface area contributed by atoms with Crippen LogP contribution in [0.3, 0.4) is 0 Å². The van der Waals surface area contributed by atoms with Crippen LogP contribution in [0.2, 0.25) is 0 Å². The summed E-state index contributed by atoms with van der Waals surface area (Å²) in [5, 5.41) is 11.5. The number of hydrogen-bond acceptors (Lipinski definition) is 2. The first-order valence-electron chi connectivity index (χ1n) is 4.06. The molecule has 1 N–H and O–H groups in total. The van der Waals surface area contributed by atoms with Crippen molar-refractivity contribution in [2.45, 2.75) is 4.90 Å². The lowest BCUT2D eigenvalue weighted by Crippen LogP contribution is -1.74. The first-order chi connectivity index (χ1) is 6.29. The SMILES string of the molecule is CSc1ccc2cc(O)ccc2c1. The van der Waals surface area contributed by atoms with Gasteiger partial charge in [-0.1, -0.05) is 12.1 Å². The molecule has 0 aromatic heterocycles. The van der Waals surface area contributed by atoms with Crippen molar-refractivity contribution >= 4 is 22.5 Å². The third-order valence-electron chi connectivity index (χ3n) is 2.03. The second kappa shape index (κ2) is 3.30. The predicted octanol–water partition coefficient (Wildman–Crippen LogP) is 3.27. The summed E-state index contributed by atoms with van der Waals surface area (Å²) in [7, 11) is 0. The Morgan fingerprint density at radius 1 is 1.00 bits per heavy atom. The number of fused-ring (bicyclic) bond motifs is 1. The van der Waals surface area contributed by atoms with Crippen molar-refractivity contribution in [3.63, 3.8) is 0 Å². The van der Waals surface area contributed by atoms with Crippen LogP contribution >= 0.6 is 11.8 Å². The van der Waals surface area contributed by atoms with Crippen LogP contribution in [0.1, 0.15) is 0 Å². The fourth-order valence-electron chi connectivity index (χ4n) is 1.34. The van der Waals surface area contributed by atoms with Crippen molar-refractivity contribution in [3.05, 3.63) is 36.4 Å². The zero-order valence-corrected chi connectivity index (χ0v) is 8.14. The van der Waals surface area contributed by atoms with Gasteiger partial charge in [-0.2, -0.15) is 0 Å². The van der Waals surface area contributed by atoms with Gasteiger partial charge in [0.15, 0.2) is 0 Å². The van der Waals surface area contributed by atoms with Crippen LogP contribution in [-0.4, -0.2) is 11.4 Å². The Morgan fingerprint density at radius 2 is 1.69 bits per heavy atom. The molecule has 0 atom stereocenters. The molecule has 0 unspecified atom stereocenters. The summed E-state index contributed by atoms with van der Waals surface area (Å²) >= 11 is 1.73. The quantitative estimate of drug-likeness (QED) is 0.696. The van der Waals surface area contributed by atoms with E-state index in [0.29, 0.717) is 5.75 Å². The van der Waals surface area contributed by atoms with Gasteiger partial charge in [-0.15, -0.1) is 11.8 Å². The van der Waals surface area contributed by atoms with Gasteiger partial charge in [-0.25, -0.2) is 0 Å². The summed E-state index contributed by atoms with van der Waals surface area (Å²) in [6, 6.07) is 11.6. The van der Waals surface area contributed by atoms with Gasteiger partial charge in [-0.05, 0) is 41.3 Å². The topological polar surface area (TPSA) is 20.2 Å². The van der Waals surface area contributed by atoms with Crippen LogP contribution in [0, 0.1) is 0 Å². The van der Waals surface area contributed by atoms with Crippen LogP contribution in [0.15, 0.2) is 41.3 Å². The van der Waals surface area contributed by atoms with E-state index >= 15 is 0 Å². The van der Waals surface area contributed by atoms with E-state index in [1.165, 1.54) is 10.3 Å². The second-order valence-electron chi connectivity index (χ2n) is 2.90. The van der Waals surface area contributed by atoms with Crippen LogP contribution in [0.5, 0.6) is 5.75 Å². The van der Waals surface area contributed by atoms with Gasteiger partial charge >= 0.3 is 0 Å². The Bertz CT molecular complexity index is 437. The number of phenolic OH excluding ortho intramolecular Hbond substituents is 1. The van der Waals surface area contributed by atoms with E-state index in [1.807, 2.05) is 12.1 Å². The summed E-state index contributed by atoms with van der Waals surface area (Å²) in [6.45, 7) is 0. The molecule has 0 radical (unpaired) electrons. The molecule has 2 heteroatoms. The summed E-state index contributed by atoms with van der Waals surface area (Å²) in [5.41, 5.74) is 0. The standard InChI is InChI=1S/C11H10OS/c1-13-11-5-3-8-6-10(12)4-2-9(8)7-11/h2-7,12H,1H3. The molecule has 0 aliphatic carbocycles. The molecule has 0 saturated heterocycles. The monoisotopic (exact) mass is 190 g/mol. The number of phenols is 1. The van der Waals surface area contributed by atoms with Crippen LogP contribution < -0.4 is 0 Å². The molecule has 0 fully saturated rings. The van der Waals surface area contributed by atoms with Gasteiger partial charge in [0.2, 0.25) is 0 Å². The highest BCUT2D eigenvalue weighted by atomic mass is 32.2. The molecule has 66 valence electrons. The van der Waals surface area contributed by atoms with E-state index in [0.717, 1.165) is 5.39 Å². The van der Waals surface area contributed by atoms with E-state index < -0.39 is 0 Å². The van der Waals surface area contributed by atoms with Gasteiger partial charge in [-0.3, -0.25) is 0 Å². The molecule has 0 amide bonds. The third-order valence-corrected chi connectivity index (χ3v) is 2.76. The largest absolute Gasteiger partial charge is 0.508 e. The Morgan fingerprint density at radius 3 is 2.46 bits per heavy atom. The molecule has 0 spiro atoms. The van der Waals surface area contributed by atoms with Gasteiger partial charge in [0.1, 0.15) is 5.75 Å². The van der Waals surface area contributed by atoms with Crippen molar-refractivity contribution in [2.24, 2.45) is 0 Å². The minimum atomic E-state index is 0.324. The van der Waals surface area contributed by atoms with Crippen molar-refractivity contribution in [3.8, 4) is 5.75 Å². The molecule has 2 aromatic carbocycles. The number of thioether (sulfide) groups is 1. The molecular weight excluding hydrogens is 180 g/mol. The highest BCUT2D eigenvalue weighted by molar-refractivity contribution is 7.98. The zero-order chi connectivity index (χ0) is 9.26. The Balaban J connectivity index is 2.66. The van der Waals surface area contributed by atoms with Gasteiger partial charge in [0, 0.05) is 4.90 Å². The number of rotatable bonds is 1. The Labute approximate surface area is 81.4 Å². The highest BCUT2D eigenvalue weighted by Gasteiger charge is 1.96. The average molecular weight is 190 g/mol. The lowest BCUT2D eigenvalue weighted by Gasteiger charge is -2.00. The zero-order valence-electron chi connectivity index (χ0n) is 7.32.